The van der Waals surface area contributed by atoms with E-state index in [1.54, 1.807) is 0 Å². The van der Waals surface area contributed by atoms with Crippen LogP contribution in [0.25, 0.3) is 11.4 Å². The van der Waals surface area contributed by atoms with Gasteiger partial charge in [-0.1, -0.05) is 35.0 Å². The summed E-state index contributed by atoms with van der Waals surface area (Å²) < 4.78 is 5.20. The van der Waals surface area contributed by atoms with E-state index in [1.165, 1.54) is 24.3 Å². The molecule has 8 nitrogen and oxygen atoms in total. The number of hydrogen-bond donors (Lipinski definition) is 1. The highest BCUT2D eigenvalue weighted by atomic mass is 16.6. The number of non-ortho nitro benzene ring substituents is 1. The molecule has 0 atom stereocenters. The molecule has 1 N–H and O–H groups in total. The molecule has 0 bridgehead atoms. The van der Waals surface area contributed by atoms with Crippen molar-refractivity contribution >= 4 is 11.6 Å². The number of nitro benzene ring substituents is 1. The molecule has 0 aliphatic heterocycles. The molecule has 0 spiro atoms. The molecular weight excluding hydrogens is 336 g/mol. The van der Waals surface area contributed by atoms with E-state index < -0.39 is 10.8 Å². The van der Waals surface area contributed by atoms with Crippen molar-refractivity contribution in [3.63, 3.8) is 0 Å². The molecule has 2 aromatic carbocycles. The quantitative estimate of drug-likeness (QED) is 0.539. The highest BCUT2D eigenvalue weighted by Gasteiger charge is 2.12. The topological polar surface area (TPSA) is 111 Å². The minimum absolute atomic E-state index is 0.127. The van der Waals surface area contributed by atoms with Gasteiger partial charge in [0.2, 0.25) is 11.7 Å². The Morgan fingerprint density at radius 3 is 2.81 bits per heavy atom. The normalized spacial score (nSPS) is 10.5. The first-order chi connectivity index (χ1) is 12.5. The molecule has 0 saturated heterocycles. The van der Waals surface area contributed by atoms with Crippen LogP contribution >= 0.6 is 0 Å². The third kappa shape index (κ3) is 4.10. The van der Waals surface area contributed by atoms with E-state index in [0.29, 0.717) is 18.1 Å². The smallest absolute Gasteiger partial charge is 0.270 e. The Morgan fingerprint density at radius 1 is 1.23 bits per heavy atom. The SMILES string of the molecule is Cc1cccc(-c2noc(CCNC(=O)c3cccc([N+](=O)[O-])c3)n2)c1. The maximum atomic E-state index is 12.1. The number of hydrogen-bond acceptors (Lipinski definition) is 6. The van der Waals surface area contributed by atoms with Gasteiger partial charge < -0.3 is 9.84 Å². The number of benzene rings is 2. The van der Waals surface area contributed by atoms with Gasteiger partial charge in [0.1, 0.15) is 0 Å². The lowest BCUT2D eigenvalue weighted by Gasteiger charge is -2.03. The highest BCUT2D eigenvalue weighted by molar-refractivity contribution is 5.94. The highest BCUT2D eigenvalue weighted by Crippen LogP contribution is 2.17. The minimum Gasteiger partial charge on any atom is -0.352 e. The number of rotatable bonds is 6. The van der Waals surface area contributed by atoms with Crippen molar-refractivity contribution in [3.05, 3.63) is 75.7 Å². The van der Waals surface area contributed by atoms with Gasteiger partial charge in [-0.25, -0.2) is 0 Å². The van der Waals surface area contributed by atoms with Crippen LogP contribution in [0.1, 0.15) is 21.8 Å². The lowest BCUT2D eigenvalue weighted by Crippen LogP contribution is -2.25. The molecular formula is C18H16N4O4. The van der Waals surface area contributed by atoms with Crippen LogP contribution in [0.5, 0.6) is 0 Å². The summed E-state index contributed by atoms with van der Waals surface area (Å²) in [7, 11) is 0. The lowest BCUT2D eigenvalue weighted by atomic mass is 10.1. The summed E-state index contributed by atoms with van der Waals surface area (Å²) in [5.74, 6) is 0.502. The molecule has 0 fully saturated rings. The Bertz CT molecular complexity index is 952. The number of carbonyl (C=O) groups is 1. The van der Waals surface area contributed by atoms with Gasteiger partial charge in [0.15, 0.2) is 0 Å². The molecule has 3 aromatic rings. The molecule has 0 aliphatic rings. The molecule has 0 radical (unpaired) electrons. The predicted octanol–water partition coefficient (Wildman–Crippen LogP) is 2.93. The van der Waals surface area contributed by atoms with E-state index in [-0.39, 0.29) is 17.8 Å². The van der Waals surface area contributed by atoms with Gasteiger partial charge in [-0.2, -0.15) is 4.98 Å². The average molecular weight is 352 g/mol. The number of nitro groups is 1. The number of amides is 1. The molecule has 1 aromatic heterocycles. The Labute approximate surface area is 149 Å². The van der Waals surface area contributed by atoms with Crippen molar-refractivity contribution < 1.29 is 14.2 Å². The van der Waals surface area contributed by atoms with Crippen LogP contribution in [0.2, 0.25) is 0 Å². The molecule has 0 unspecified atom stereocenters. The summed E-state index contributed by atoms with van der Waals surface area (Å²) in [6, 6.07) is 13.3. The largest absolute Gasteiger partial charge is 0.352 e. The summed E-state index contributed by atoms with van der Waals surface area (Å²) in [4.78, 5) is 26.6. The summed E-state index contributed by atoms with van der Waals surface area (Å²) in [6.45, 7) is 2.25. The van der Waals surface area contributed by atoms with Gasteiger partial charge in [-0.15, -0.1) is 0 Å². The first kappa shape index (κ1) is 17.3. The van der Waals surface area contributed by atoms with Gasteiger partial charge in [0, 0.05) is 36.2 Å². The third-order valence-corrected chi connectivity index (χ3v) is 3.69. The zero-order valence-electron chi connectivity index (χ0n) is 14.0. The Balaban J connectivity index is 1.58. The van der Waals surface area contributed by atoms with Gasteiger partial charge >= 0.3 is 0 Å². The zero-order chi connectivity index (χ0) is 18.5. The maximum absolute atomic E-state index is 12.1. The Morgan fingerprint density at radius 2 is 2.04 bits per heavy atom. The van der Waals surface area contributed by atoms with E-state index >= 15 is 0 Å². The second-order valence-electron chi connectivity index (χ2n) is 5.69. The number of nitrogens with one attached hydrogen (secondary N) is 1. The number of nitrogens with zero attached hydrogens (tertiary/aromatic N) is 3. The fourth-order valence-corrected chi connectivity index (χ4v) is 2.40. The van der Waals surface area contributed by atoms with E-state index in [2.05, 4.69) is 15.5 Å². The van der Waals surface area contributed by atoms with Gasteiger partial charge in [0.25, 0.3) is 11.6 Å². The van der Waals surface area contributed by atoms with Crippen molar-refractivity contribution in [2.45, 2.75) is 13.3 Å². The fraction of sp³-hybridized carbons (Fsp3) is 0.167. The van der Waals surface area contributed by atoms with E-state index in [9.17, 15) is 14.9 Å². The zero-order valence-corrected chi connectivity index (χ0v) is 14.0. The first-order valence-corrected chi connectivity index (χ1v) is 7.95. The third-order valence-electron chi connectivity index (χ3n) is 3.69. The molecule has 26 heavy (non-hydrogen) atoms. The number of carbonyl (C=O) groups excluding carboxylic acids is 1. The van der Waals surface area contributed by atoms with E-state index in [0.717, 1.165) is 11.1 Å². The second-order valence-corrected chi connectivity index (χ2v) is 5.69. The molecule has 0 saturated carbocycles. The van der Waals surface area contributed by atoms with Crippen molar-refractivity contribution in [2.24, 2.45) is 0 Å². The summed E-state index contributed by atoms with van der Waals surface area (Å²) >= 11 is 0. The lowest BCUT2D eigenvalue weighted by molar-refractivity contribution is -0.384. The van der Waals surface area contributed by atoms with E-state index in [4.69, 9.17) is 4.52 Å². The number of aromatic nitrogens is 2. The molecule has 1 amide bonds. The predicted molar refractivity (Wildman–Crippen MR) is 93.6 cm³/mol. The minimum atomic E-state index is -0.540. The molecule has 0 aliphatic carbocycles. The van der Waals surface area contributed by atoms with Crippen LogP contribution in [0.3, 0.4) is 0 Å². The van der Waals surface area contributed by atoms with Crippen LogP contribution in [-0.2, 0) is 6.42 Å². The maximum Gasteiger partial charge on any atom is 0.270 e. The Kier molecular flexibility index (Phi) is 5.02. The van der Waals surface area contributed by atoms with Crippen LogP contribution in [0.15, 0.2) is 53.1 Å². The van der Waals surface area contributed by atoms with Crippen LogP contribution < -0.4 is 5.32 Å². The van der Waals surface area contributed by atoms with Crippen molar-refractivity contribution in [3.8, 4) is 11.4 Å². The summed E-state index contributed by atoms with van der Waals surface area (Å²) in [5.41, 5.74) is 2.06. The average Bonchev–Trinajstić information content (AvgIpc) is 3.10. The summed E-state index contributed by atoms with van der Waals surface area (Å²) in [6.07, 6.45) is 0.361. The molecule has 1 heterocycles. The van der Waals surface area contributed by atoms with Crippen LogP contribution in [0, 0.1) is 17.0 Å². The second kappa shape index (κ2) is 7.56. The van der Waals surface area contributed by atoms with E-state index in [1.807, 2.05) is 31.2 Å². The fourth-order valence-electron chi connectivity index (χ4n) is 2.40. The first-order valence-electron chi connectivity index (χ1n) is 7.95. The van der Waals surface area contributed by atoms with Gasteiger partial charge in [-0.05, 0) is 19.1 Å². The molecule has 8 heteroatoms. The molecule has 132 valence electrons. The number of aryl methyl sites for hydroxylation is 1. The van der Waals surface area contributed by atoms with Crippen molar-refractivity contribution in [2.75, 3.05) is 6.54 Å². The van der Waals surface area contributed by atoms with Crippen LogP contribution in [-0.4, -0.2) is 27.5 Å². The van der Waals surface area contributed by atoms with Gasteiger partial charge in [0.05, 0.1) is 4.92 Å². The molecule has 3 rings (SSSR count). The monoisotopic (exact) mass is 352 g/mol. The van der Waals surface area contributed by atoms with Gasteiger partial charge in [-0.3, -0.25) is 14.9 Å². The summed E-state index contributed by atoms with van der Waals surface area (Å²) in [5, 5.41) is 17.4. The van der Waals surface area contributed by atoms with Crippen molar-refractivity contribution in [1.82, 2.24) is 15.5 Å². The standard InChI is InChI=1S/C18H16N4O4/c1-12-4-2-5-13(10-12)17-20-16(26-21-17)8-9-19-18(23)14-6-3-7-15(11-14)22(24)25/h2-7,10-11H,8-9H2,1H3,(H,19,23). The van der Waals surface area contributed by atoms with Crippen molar-refractivity contribution in [1.29, 1.82) is 0 Å². The van der Waals surface area contributed by atoms with Crippen LogP contribution in [0.4, 0.5) is 5.69 Å². The Hall–Kier alpha value is -3.55.